The third kappa shape index (κ3) is 2.90. The fourth-order valence-electron chi connectivity index (χ4n) is 2.87. The fourth-order valence-corrected chi connectivity index (χ4v) is 2.87. The number of aromatic nitrogens is 1. The van der Waals surface area contributed by atoms with Crippen LogP contribution in [0.5, 0.6) is 5.88 Å². The van der Waals surface area contributed by atoms with E-state index in [9.17, 15) is 14.7 Å². The number of carboxylic acids is 1. The maximum atomic E-state index is 12.5. The zero-order valence-corrected chi connectivity index (χ0v) is 12.5. The van der Waals surface area contributed by atoms with Gasteiger partial charge in [0.25, 0.3) is 11.8 Å². The van der Waals surface area contributed by atoms with Gasteiger partial charge in [-0.1, -0.05) is 30.3 Å². The number of ether oxygens (including phenoxy) is 1. The molecule has 0 saturated carbocycles. The third-order valence-corrected chi connectivity index (χ3v) is 4.06. The minimum Gasteiger partial charge on any atom is -0.481 e. The van der Waals surface area contributed by atoms with Crippen molar-refractivity contribution < 1.29 is 24.0 Å². The number of likely N-dealkylation sites (tertiary alicyclic amines) is 1. The number of carbonyl (C=O) groups is 2. The Balaban J connectivity index is 1.82. The number of carboxylic acid groups (broad SMARTS) is 1. The Bertz CT molecular complexity index is 712. The minimum absolute atomic E-state index is 0.0414. The summed E-state index contributed by atoms with van der Waals surface area (Å²) < 4.78 is 9.84. The highest BCUT2D eigenvalue weighted by Crippen LogP contribution is 2.33. The van der Waals surface area contributed by atoms with E-state index in [0.29, 0.717) is 6.54 Å². The van der Waals surface area contributed by atoms with Gasteiger partial charge in [-0.15, -0.1) is 0 Å². The lowest BCUT2D eigenvalue weighted by molar-refractivity contribution is -0.141. The molecule has 7 nitrogen and oxygen atoms in total. The first kappa shape index (κ1) is 15.1. The van der Waals surface area contributed by atoms with Crippen molar-refractivity contribution in [3.8, 4) is 5.88 Å². The van der Waals surface area contributed by atoms with Crippen LogP contribution < -0.4 is 4.74 Å². The van der Waals surface area contributed by atoms with Gasteiger partial charge in [-0.05, 0) is 10.7 Å². The summed E-state index contributed by atoms with van der Waals surface area (Å²) in [5.41, 5.74) is 0.908. The topological polar surface area (TPSA) is 92.9 Å². The van der Waals surface area contributed by atoms with E-state index >= 15 is 0 Å². The maximum absolute atomic E-state index is 12.5. The third-order valence-electron chi connectivity index (χ3n) is 4.06. The molecule has 1 aromatic heterocycles. The van der Waals surface area contributed by atoms with Gasteiger partial charge in [0, 0.05) is 19.0 Å². The summed E-state index contributed by atoms with van der Waals surface area (Å²) in [6.07, 6.45) is 0. The fraction of sp³-hybridized carbons (Fsp3) is 0.312. The van der Waals surface area contributed by atoms with E-state index in [2.05, 4.69) is 5.16 Å². The standard InChI is InChI=1S/C16H16N2O5/c1-22-14-7-13(23-17-14)15(19)18-8-11(12(9-18)16(20)21)10-5-3-2-4-6-10/h2-7,11-12H,8-9H2,1H3,(H,20,21)/t11-,12-/m0/s1. The number of benzene rings is 1. The molecule has 3 rings (SSSR count). The van der Waals surface area contributed by atoms with E-state index in [1.165, 1.54) is 18.1 Å². The molecule has 2 atom stereocenters. The molecular formula is C16H16N2O5. The second-order valence-electron chi connectivity index (χ2n) is 5.41. The van der Waals surface area contributed by atoms with E-state index < -0.39 is 11.9 Å². The summed E-state index contributed by atoms with van der Waals surface area (Å²) in [5.74, 6) is -1.94. The van der Waals surface area contributed by atoms with Gasteiger partial charge in [-0.2, -0.15) is 0 Å². The number of methoxy groups -OCH3 is 1. The SMILES string of the molecule is COc1cc(C(=O)N2C[C@H](C(=O)O)[C@H](c3ccccc3)C2)on1. The molecule has 1 saturated heterocycles. The van der Waals surface area contributed by atoms with Crippen LogP contribution in [-0.4, -0.2) is 47.2 Å². The Hall–Kier alpha value is -2.83. The average molecular weight is 316 g/mol. The Morgan fingerprint density at radius 1 is 1.30 bits per heavy atom. The van der Waals surface area contributed by atoms with Crippen molar-refractivity contribution in [3.63, 3.8) is 0 Å². The van der Waals surface area contributed by atoms with Crippen molar-refractivity contribution in [2.75, 3.05) is 20.2 Å². The molecule has 0 aliphatic carbocycles. The summed E-state index contributed by atoms with van der Waals surface area (Å²) >= 11 is 0. The predicted octanol–water partition coefficient (Wildman–Crippen LogP) is 1.62. The molecule has 1 N–H and O–H groups in total. The largest absolute Gasteiger partial charge is 0.481 e. The summed E-state index contributed by atoms with van der Waals surface area (Å²) in [4.78, 5) is 25.5. The number of amides is 1. The summed E-state index contributed by atoms with van der Waals surface area (Å²) in [5, 5.41) is 13.1. The number of rotatable bonds is 4. The second kappa shape index (κ2) is 6.12. The van der Waals surface area contributed by atoms with Gasteiger partial charge in [0.1, 0.15) is 0 Å². The number of hydrogen-bond acceptors (Lipinski definition) is 5. The van der Waals surface area contributed by atoms with Crippen molar-refractivity contribution >= 4 is 11.9 Å². The number of hydrogen-bond donors (Lipinski definition) is 1. The minimum atomic E-state index is -0.913. The Morgan fingerprint density at radius 3 is 2.65 bits per heavy atom. The van der Waals surface area contributed by atoms with Gasteiger partial charge in [0.2, 0.25) is 5.76 Å². The molecule has 1 amide bonds. The van der Waals surface area contributed by atoms with Crippen LogP contribution in [0.2, 0.25) is 0 Å². The number of nitrogens with zero attached hydrogens (tertiary/aromatic N) is 2. The van der Waals surface area contributed by atoms with E-state index in [-0.39, 0.29) is 30.0 Å². The van der Waals surface area contributed by atoms with Crippen molar-refractivity contribution in [1.82, 2.24) is 10.1 Å². The summed E-state index contributed by atoms with van der Waals surface area (Å²) in [6.45, 7) is 0.458. The van der Waals surface area contributed by atoms with E-state index in [4.69, 9.17) is 9.26 Å². The predicted molar refractivity (Wildman–Crippen MR) is 79.3 cm³/mol. The van der Waals surface area contributed by atoms with E-state index in [1.54, 1.807) is 0 Å². The molecular weight excluding hydrogens is 300 g/mol. The van der Waals surface area contributed by atoms with Crippen LogP contribution in [0, 0.1) is 5.92 Å². The molecule has 0 bridgehead atoms. The quantitative estimate of drug-likeness (QED) is 0.921. The van der Waals surface area contributed by atoms with Gasteiger partial charge < -0.3 is 19.3 Å². The van der Waals surface area contributed by atoms with Crippen LogP contribution in [0.4, 0.5) is 0 Å². The van der Waals surface area contributed by atoms with E-state index in [1.807, 2.05) is 30.3 Å². The first-order chi connectivity index (χ1) is 11.1. The van der Waals surface area contributed by atoms with Gasteiger partial charge >= 0.3 is 5.97 Å². The zero-order valence-electron chi connectivity index (χ0n) is 12.5. The van der Waals surface area contributed by atoms with Crippen LogP contribution >= 0.6 is 0 Å². The van der Waals surface area contributed by atoms with Crippen molar-refractivity contribution in [3.05, 3.63) is 47.7 Å². The molecule has 120 valence electrons. The van der Waals surface area contributed by atoms with Crippen LogP contribution in [0.15, 0.2) is 40.9 Å². The van der Waals surface area contributed by atoms with Crippen molar-refractivity contribution in [1.29, 1.82) is 0 Å². The highest BCUT2D eigenvalue weighted by atomic mass is 16.5. The van der Waals surface area contributed by atoms with Gasteiger partial charge in [0.05, 0.1) is 19.1 Å². The molecule has 0 radical (unpaired) electrons. The summed E-state index contributed by atoms with van der Waals surface area (Å²) in [7, 11) is 1.42. The highest BCUT2D eigenvalue weighted by molar-refractivity contribution is 5.92. The van der Waals surface area contributed by atoms with Crippen LogP contribution in [0.25, 0.3) is 0 Å². The molecule has 1 aromatic carbocycles. The Labute approximate surface area is 132 Å². The lowest BCUT2D eigenvalue weighted by Crippen LogP contribution is -2.29. The molecule has 2 aromatic rings. The number of carbonyl (C=O) groups excluding carboxylic acids is 1. The van der Waals surface area contributed by atoms with Crippen molar-refractivity contribution in [2.45, 2.75) is 5.92 Å². The lowest BCUT2D eigenvalue weighted by atomic mass is 9.89. The van der Waals surface area contributed by atoms with Gasteiger partial charge in [0.15, 0.2) is 0 Å². The molecule has 1 aliphatic rings. The van der Waals surface area contributed by atoms with Crippen LogP contribution in [0.1, 0.15) is 22.0 Å². The smallest absolute Gasteiger partial charge is 0.308 e. The maximum Gasteiger partial charge on any atom is 0.308 e. The molecule has 0 spiro atoms. The van der Waals surface area contributed by atoms with Crippen molar-refractivity contribution in [2.24, 2.45) is 5.92 Å². The molecule has 1 fully saturated rings. The second-order valence-corrected chi connectivity index (χ2v) is 5.41. The first-order valence-electron chi connectivity index (χ1n) is 7.18. The molecule has 2 heterocycles. The monoisotopic (exact) mass is 316 g/mol. The van der Waals surface area contributed by atoms with Gasteiger partial charge in [-0.25, -0.2) is 0 Å². The highest BCUT2D eigenvalue weighted by Gasteiger charge is 2.41. The zero-order chi connectivity index (χ0) is 16.4. The molecule has 23 heavy (non-hydrogen) atoms. The molecule has 1 aliphatic heterocycles. The van der Waals surface area contributed by atoms with Crippen LogP contribution in [0.3, 0.4) is 0 Å². The Morgan fingerprint density at radius 2 is 2.04 bits per heavy atom. The lowest BCUT2D eigenvalue weighted by Gasteiger charge is -2.15. The van der Waals surface area contributed by atoms with Gasteiger partial charge in [-0.3, -0.25) is 9.59 Å². The summed E-state index contributed by atoms with van der Waals surface area (Å²) in [6, 6.07) is 10.8. The first-order valence-corrected chi connectivity index (χ1v) is 7.18. The number of aliphatic carboxylic acids is 1. The van der Waals surface area contributed by atoms with E-state index in [0.717, 1.165) is 5.56 Å². The average Bonchev–Trinajstić information content (AvgIpc) is 3.22. The molecule has 7 heteroatoms. The molecule has 0 unspecified atom stereocenters. The van der Waals surface area contributed by atoms with Crippen LogP contribution in [-0.2, 0) is 4.79 Å². The normalized spacial score (nSPS) is 20.5. The Kier molecular flexibility index (Phi) is 4.01.